The van der Waals surface area contributed by atoms with E-state index in [0.29, 0.717) is 11.5 Å². The van der Waals surface area contributed by atoms with Gasteiger partial charge in [-0.1, -0.05) is 11.6 Å². The normalized spacial score (nSPS) is 12.0. The number of nitrogens with zero attached hydrogens (tertiary/aromatic N) is 2. The number of furan rings is 1. The molecule has 142 valence electrons. The molecule has 0 aliphatic carbocycles. The van der Waals surface area contributed by atoms with E-state index in [9.17, 15) is 9.18 Å². The van der Waals surface area contributed by atoms with E-state index in [1.54, 1.807) is 16.8 Å². The number of ether oxygens (including phenoxy) is 1. The van der Waals surface area contributed by atoms with E-state index in [1.807, 2.05) is 27.1 Å². The van der Waals surface area contributed by atoms with E-state index >= 15 is 0 Å². The van der Waals surface area contributed by atoms with Crippen LogP contribution in [0.4, 0.5) is 4.39 Å². The molecule has 2 heterocycles. The molecule has 6 nitrogen and oxygen atoms in total. The van der Waals surface area contributed by atoms with Gasteiger partial charge in [-0.05, 0) is 44.2 Å². The van der Waals surface area contributed by atoms with E-state index in [1.165, 1.54) is 18.2 Å². The fraction of sp³-hybridized carbons (Fsp3) is 0.263. The maximum Gasteiger partial charge on any atom is 0.287 e. The van der Waals surface area contributed by atoms with Gasteiger partial charge in [0.05, 0.1) is 16.8 Å². The number of hydrogen-bond acceptors (Lipinski definition) is 4. The molecule has 1 amide bonds. The molecule has 1 atom stereocenters. The summed E-state index contributed by atoms with van der Waals surface area (Å²) in [6, 6.07) is 6.86. The Balaban J connectivity index is 1.61. The molecule has 0 saturated heterocycles. The van der Waals surface area contributed by atoms with Crippen LogP contribution in [0.15, 0.2) is 40.9 Å². The quantitative estimate of drug-likeness (QED) is 0.684. The first-order valence-electron chi connectivity index (χ1n) is 8.31. The van der Waals surface area contributed by atoms with Crippen LogP contribution in [-0.2, 0) is 13.7 Å². The van der Waals surface area contributed by atoms with Gasteiger partial charge in [0.2, 0.25) is 0 Å². The second-order valence-corrected chi connectivity index (χ2v) is 6.58. The Morgan fingerprint density at radius 1 is 1.41 bits per heavy atom. The van der Waals surface area contributed by atoms with Crippen molar-refractivity contribution in [3.05, 3.63) is 70.1 Å². The maximum absolute atomic E-state index is 13.0. The first kappa shape index (κ1) is 19.0. The molecular weight excluding hydrogens is 373 g/mol. The molecule has 1 N–H and O–H groups in total. The Bertz CT molecular complexity index is 967. The summed E-state index contributed by atoms with van der Waals surface area (Å²) in [6.45, 7) is 3.84. The van der Waals surface area contributed by atoms with E-state index in [2.05, 4.69) is 10.4 Å². The minimum Gasteiger partial charge on any atom is -0.484 e. The minimum atomic E-state index is -0.442. The Labute approximate surface area is 160 Å². The number of rotatable bonds is 6. The second kappa shape index (κ2) is 7.84. The lowest BCUT2D eigenvalue weighted by Gasteiger charge is -2.12. The lowest BCUT2D eigenvalue weighted by atomic mass is 10.1. The molecule has 0 saturated carbocycles. The standard InChI is InChI=1S/C19H19ClFN3O3/c1-11(15-9-24(3)23-12(15)2)22-19(25)18-7-5-14(27-18)10-26-17-6-4-13(21)8-16(17)20/h4-9,11H,10H2,1-3H3,(H,22,25). The molecule has 0 radical (unpaired) electrons. The SMILES string of the molecule is Cc1nn(C)cc1C(C)NC(=O)c1ccc(COc2ccc(F)cc2Cl)o1. The number of benzene rings is 1. The molecule has 0 fully saturated rings. The Morgan fingerprint density at radius 2 is 2.19 bits per heavy atom. The van der Waals surface area contributed by atoms with Crippen LogP contribution in [0.25, 0.3) is 0 Å². The Morgan fingerprint density at radius 3 is 2.85 bits per heavy atom. The van der Waals surface area contributed by atoms with Crippen molar-refractivity contribution in [1.82, 2.24) is 15.1 Å². The van der Waals surface area contributed by atoms with Crippen LogP contribution in [0.5, 0.6) is 5.75 Å². The predicted octanol–water partition coefficient (Wildman–Crippen LogP) is 4.18. The molecule has 0 bridgehead atoms. The molecule has 1 aromatic carbocycles. The lowest BCUT2D eigenvalue weighted by molar-refractivity contribution is 0.0907. The molecule has 27 heavy (non-hydrogen) atoms. The predicted molar refractivity (Wildman–Crippen MR) is 98.3 cm³/mol. The van der Waals surface area contributed by atoms with Crippen molar-refractivity contribution in [3.8, 4) is 5.75 Å². The summed E-state index contributed by atoms with van der Waals surface area (Å²) in [5.74, 6) is 0.179. The lowest BCUT2D eigenvalue weighted by Crippen LogP contribution is -2.26. The van der Waals surface area contributed by atoms with Gasteiger partial charge >= 0.3 is 0 Å². The van der Waals surface area contributed by atoms with Gasteiger partial charge < -0.3 is 14.5 Å². The highest BCUT2D eigenvalue weighted by Crippen LogP contribution is 2.26. The van der Waals surface area contributed by atoms with Crippen molar-refractivity contribution in [2.45, 2.75) is 26.5 Å². The van der Waals surface area contributed by atoms with E-state index in [4.69, 9.17) is 20.8 Å². The van der Waals surface area contributed by atoms with Gasteiger partial charge in [0.1, 0.15) is 23.9 Å². The van der Waals surface area contributed by atoms with Crippen molar-refractivity contribution >= 4 is 17.5 Å². The van der Waals surface area contributed by atoms with Crippen molar-refractivity contribution in [2.24, 2.45) is 7.05 Å². The molecule has 3 rings (SSSR count). The zero-order valence-corrected chi connectivity index (χ0v) is 15.9. The summed E-state index contributed by atoms with van der Waals surface area (Å²) >= 11 is 5.91. The number of aryl methyl sites for hydroxylation is 2. The van der Waals surface area contributed by atoms with Gasteiger partial charge in [-0.25, -0.2) is 4.39 Å². The largest absolute Gasteiger partial charge is 0.484 e. The highest BCUT2D eigenvalue weighted by Gasteiger charge is 2.18. The summed E-state index contributed by atoms with van der Waals surface area (Å²) in [5.41, 5.74) is 1.79. The number of aromatic nitrogens is 2. The highest BCUT2D eigenvalue weighted by molar-refractivity contribution is 6.32. The van der Waals surface area contributed by atoms with Crippen molar-refractivity contribution < 1.29 is 18.3 Å². The van der Waals surface area contributed by atoms with Gasteiger partial charge in [0.15, 0.2) is 5.76 Å². The summed E-state index contributed by atoms with van der Waals surface area (Å²) in [7, 11) is 1.83. The first-order valence-corrected chi connectivity index (χ1v) is 8.69. The molecule has 3 aromatic rings. The summed E-state index contributed by atoms with van der Waals surface area (Å²) in [6.07, 6.45) is 1.87. The number of carbonyl (C=O) groups is 1. The number of amides is 1. The minimum absolute atomic E-state index is 0.0654. The first-order chi connectivity index (χ1) is 12.8. The zero-order valence-electron chi connectivity index (χ0n) is 15.1. The fourth-order valence-corrected chi connectivity index (χ4v) is 2.93. The van der Waals surface area contributed by atoms with Crippen LogP contribution in [0.2, 0.25) is 5.02 Å². The number of halogens is 2. The maximum atomic E-state index is 13.0. The van der Waals surface area contributed by atoms with Crippen molar-refractivity contribution in [1.29, 1.82) is 0 Å². The number of hydrogen-bond donors (Lipinski definition) is 1. The van der Waals surface area contributed by atoms with E-state index in [-0.39, 0.29) is 29.3 Å². The van der Waals surface area contributed by atoms with Crippen LogP contribution in [-0.4, -0.2) is 15.7 Å². The van der Waals surface area contributed by atoms with Crippen molar-refractivity contribution in [3.63, 3.8) is 0 Å². The van der Waals surface area contributed by atoms with Gasteiger partial charge in [-0.15, -0.1) is 0 Å². The number of carbonyl (C=O) groups excluding carboxylic acids is 1. The molecular formula is C19H19ClFN3O3. The second-order valence-electron chi connectivity index (χ2n) is 6.17. The fourth-order valence-electron chi connectivity index (χ4n) is 2.71. The Kier molecular flexibility index (Phi) is 5.51. The van der Waals surface area contributed by atoms with E-state index < -0.39 is 5.82 Å². The number of nitrogens with one attached hydrogen (secondary N) is 1. The Hall–Kier alpha value is -2.80. The highest BCUT2D eigenvalue weighted by atomic mass is 35.5. The summed E-state index contributed by atoms with van der Waals surface area (Å²) in [5, 5.41) is 7.32. The van der Waals surface area contributed by atoms with Gasteiger partial charge in [0.25, 0.3) is 5.91 Å². The van der Waals surface area contributed by atoms with Crippen LogP contribution in [0, 0.1) is 12.7 Å². The third kappa shape index (κ3) is 4.49. The molecule has 1 unspecified atom stereocenters. The molecule has 0 spiro atoms. The summed E-state index contributed by atoms with van der Waals surface area (Å²) < 4.78 is 25.8. The topological polar surface area (TPSA) is 69.3 Å². The molecule has 0 aliphatic heterocycles. The average Bonchev–Trinajstić information content (AvgIpc) is 3.20. The van der Waals surface area contributed by atoms with Crippen LogP contribution < -0.4 is 10.1 Å². The molecule has 8 heteroatoms. The van der Waals surface area contributed by atoms with Gasteiger partial charge in [-0.2, -0.15) is 5.10 Å². The molecule has 0 aliphatic rings. The molecule has 2 aromatic heterocycles. The summed E-state index contributed by atoms with van der Waals surface area (Å²) in [4.78, 5) is 12.4. The third-order valence-electron chi connectivity index (χ3n) is 4.01. The smallest absolute Gasteiger partial charge is 0.287 e. The monoisotopic (exact) mass is 391 g/mol. The van der Waals surface area contributed by atoms with Crippen LogP contribution in [0.1, 0.15) is 40.5 Å². The van der Waals surface area contributed by atoms with E-state index in [0.717, 1.165) is 11.3 Å². The van der Waals surface area contributed by atoms with Gasteiger partial charge in [0, 0.05) is 18.8 Å². The zero-order chi connectivity index (χ0) is 19.6. The van der Waals surface area contributed by atoms with Crippen LogP contribution >= 0.6 is 11.6 Å². The average molecular weight is 392 g/mol. The van der Waals surface area contributed by atoms with Crippen molar-refractivity contribution in [2.75, 3.05) is 0 Å². The third-order valence-corrected chi connectivity index (χ3v) is 4.31. The van der Waals surface area contributed by atoms with Crippen LogP contribution in [0.3, 0.4) is 0 Å². The van der Waals surface area contributed by atoms with Gasteiger partial charge in [-0.3, -0.25) is 9.48 Å².